The van der Waals surface area contributed by atoms with Crippen LogP contribution in [0.1, 0.15) is 39.0 Å². The predicted molar refractivity (Wildman–Crippen MR) is 53.6 cm³/mol. The Bertz CT molecular complexity index is 169. The minimum Gasteiger partial charge on any atom is -0.392 e. The van der Waals surface area contributed by atoms with E-state index >= 15 is 0 Å². The molecule has 1 aliphatic carbocycles. The average Bonchev–Trinajstić information content (AvgIpc) is 2.48. The van der Waals surface area contributed by atoms with Crippen LogP contribution in [0.15, 0.2) is 0 Å². The first-order chi connectivity index (χ1) is 6.27. The Morgan fingerprint density at radius 1 is 1.31 bits per heavy atom. The second-order valence-corrected chi connectivity index (χ2v) is 4.74. The second kappa shape index (κ2) is 3.97. The normalized spacial score (nSPS) is 37.4. The number of hydrogen-bond donors (Lipinski definition) is 1. The molecule has 2 nitrogen and oxygen atoms in total. The molecule has 76 valence electrons. The van der Waals surface area contributed by atoms with Crippen LogP contribution in [0.3, 0.4) is 0 Å². The zero-order valence-electron chi connectivity index (χ0n) is 8.58. The largest absolute Gasteiger partial charge is 0.392 e. The number of nitrogens with zero attached hydrogens (tertiary/aromatic N) is 1. The van der Waals surface area contributed by atoms with E-state index in [1.807, 2.05) is 6.92 Å². The number of aliphatic hydroxyl groups is 1. The molecular weight excluding hydrogens is 162 g/mol. The molecule has 1 heterocycles. The zero-order valence-corrected chi connectivity index (χ0v) is 8.58. The summed E-state index contributed by atoms with van der Waals surface area (Å²) in [5.41, 5.74) is 0. The van der Waals surface area contributed by atoms with E-state index in [-0.39, 0.29) is 6.10 Å². The molecule has 0 spiro atoms. The van der Waals surface area contributed by atoms with Crippen LogP contribution in [0.25, 0.3) is 0 Å². The van der Waals surface area contributed by atoms with Crippen molar-refractivity contribution in [2.75, 3.05) is 13.1 Å². The molecule has 0 bridgehead atoms. The highest BCUT2D eigenvalue weighted by Crippen LogP contribution is 2.35. The van der Waals surface area contributed by atoms with E-state index in [9.17, 15) is 5.11 Å². The summed E-state index contributed by atoms with van der Waals surface area (Å²) in [5.74, 6) is 0.951. The summed E-state index contributed by atoms with van der Waals surface area (Å²) < 4.78 is 0. The molecule has 1 saturated heterocycles. The summed E-state index contributed by atoms with van der Waals surface area (Å²) in [4.78, 5) is 2.51. The second-order valence-electron chi connectivity index (χ2n) is 4.74. The number of rotatable bonds is 2. The molecule has 0 aromatic carbocycles. The van der Waals surface area contributed by atoms with E-state index in [1.165, 1.54) is 38.6 Å². The van der Waals surface area contributed by atoms with Gasteiger partial charge in [-0.3, -0.25) is 4.90 Å². The van der Waals surface area contributed by atoms with E-state index in [0.29, 0.717) is 0 Å². The first-order valence-corrected chi connectivity index (χ1v) is 5.69. The standard InChI is InChI=1S/C11H21NO/c1-9(13)8-12-7-6-10-4-2-3-5-11(10)12/h9-11,13H,2-8H2,1H3/t9-,10?,11?/m0/s1. The fourth-order valence-electron chi connectivity index (χ4n) is 3.07. The van der Waals surface area contributed by atoms with Crippen molar-refractivity contribution in [3.8, 4) is 0 Å². The van der Waals surface area contributed by atoms with Crippen molar-refractivity contribution in [3.63, 3.8) is 0 Å². The molecule has 2 aliphatic rings. The maximum atomic E-state index is 9.36. The minimum absolute atomic E-state index is 0.152. The van der Waals surface area contributed by atoms with Gasteiger partial charge in [0.25, 0.3) is 0 Å². The molecule has 2 heteroatoms. The van der Waals surface area contributed by atoms with E-state index in [2.05, 4.69) is 4.90 Å². The van der Waals surface area contributed by atoms with Crippen molar-refractivity contribution < 1.29 is 5.11 Å². The maximum absolute atomic E-state index is 9.36. The van der Waals surface area contributed by atoms with Crippen LogP contribution in [0, 0.1) is 5.92 Å². The average molecular weight is 183 g/mol. The van der Waals surface area contributed by atoms with Crippen molar-refractivity contribution in [2.45, 2.75) is 51.2 Å². The van der Waals surface area contributed by atoms with Gasteiger partial charge in [-0.05, 0) is 38.6 Å². The van der Waals surface area contributed by atoms with Gasteiger partial charge in [0.1, 0.15) is 0 Å². The lowest BCUT2D eigenvalue weighted by Crippen LogP contribution is -2.38. The molecule has 3 atom stereocenters. The molecule has 0 radical (unpaired) electrons. The van der Waals surface area contributed by atoms with Crippen LogP contribution in [0.4, 0.5) is 0 Å². The number of aliphatic hydroxyl groups excluding tert-OH is 1. The summed E-state index contributed by atoms with van der Waals surface area (Å²) in [6, 6.07) is 0.809. The Morgan fingerprint density at radius 2 is 2.08 bits per heavy atom. The van der Waals surface area contributed by atoms with Crippen molar-refractivity contribution in [2.24, 2.45) is 5.92 Å². The van der Waals surface area contributed by atoms with Crippen LogP contribution >= 0.6 is 0 Å². The Kier molecular flexibility index (Phi) is 2.89. The third kappa shape index (κ3) is 2.05. The van der Waals surface area contributed by atoms with E-state index < -0.39 is 0 Å². The molecule has 1 aliphatic heterocycles. The quantitative estimate of drug-likeness (QED) is 0.703. The summed E-state index contributed by atoms with van der Waals surface area (Å²) in [6.07, 6.45) is 6.86. The monoisotopic (exact) mass is 183 g/mol. The first-order valence-electron chi connectivity index (χ1n) is 5.69. The zero-order chi connectivity index (χ0) is 9.26. The molecule has 0 aromatic heterocycles. The van der Waals surface area contributed by atoms with Crippen LogP contribution in [-0.4, -0.2) is 35.2 Å². The third-order valence-electron chi connectivity index (χ3n) is 3.62. The molecule has 13 heavy (non-hydrogen) atoms. The summed E-state index contributed by atoms with van der Waals surface area (Å²) in [5, 5.41) is 9.36. The highest BCUT2D eigenvalue weighted by Gasteiger charge is 2.35. The molecule has 2 unspecified atom stereocenters. The van der Waals surface area contributed by atoms with Gasteiger partial charge in [-0.1, -0.05) is 12.8 Å². The smallest absolute Gasteiger partial charge is 0.0639 e. The molecule has 0 amide bonds. The SMILES string of the molecule is C[C@H](O)CN1CCC2CCCCC21. The molecule has 2 fully saturated rings. The van der Waals surface area contributed by atoms with E-state index in [1.54, 1.807) is 0 Å². The first kappa shape index (κ1) is 9.47. The van der Waals surface area contributed by atoms with Gasteiger partial charge in [0.15, 0.2) is 0 Å². The van der Waals surface area contributed by atoms with Crippen LogP contribution in [-0.2, 0) is 0 Å². The van der Waals surface area contributed by atoms with Crippen molar-refractivity contribution in [3.05, 3.63) is 0 Å². The number of likely N-dealkylation sites (tertiary alicyclic amines) is 1. The molecule has 1 N–H and O–H groups in total. The van der Waals surface area contributed by atoms with E-state index in [0.717, 1.165) is 18.5 Å². The van der Waals surface area contributed by atoms with Crippen molar-refractivity contribution in [1.29, 1.82) is 0 Å². The molecule has 2 rings (SSSR count). The fraction of sp³-hybridized carbons (Fsp3) is 1.00. The van der Waals surface area contributed by atoms with Gasteiger partial charge in [-0.25, -0.2) is 0 Å². The van der Waals surface area contributed by atoms with Gasteiger partial charge in [-0.2, -0.15) is 0 Å². The summed E-state index contributed by atoms with van der Waals surface area (Å²) >= 11 is 0. The van der Waals surface area contributed by atoms with Gasteiger partial charge in [-0.15, -0.1) is 0 Å². The van der Waals surface area contributed by atoms with Crippen LogP contribution in [0.5, 0.6) is 0 Å². The lowest BCUT2D eigenvalue weighted by Gasteiger charge is -2.32. The van der Waals surface area contributed by atoms with Gasteiger partial charge in [0.05, 0.1) is 6.10 Å². The Morgan fingerprint density at radius 3 is 2.85 bits per heavy atom. The predicted octanol–water partition coefficient (Wildman–Crippen LogP) is 1.63. The summed E-state index contributed by atoms with van der Waals surface area (Å²) in [6.45, 7) is 4.01. The van der Waals surface area contributed by atoms with Crippen LogP contribution < -0.4 is 0 Å². The van der Waals surface area contributed by atoms with Gasteiger partial charge < -0.3 is 5.11 Å². The number of β-amino-alcohol motifs (C(OH)–C–C–N with tert-alkyl or cyclic N) is 1. The molecule has 1 saturated carbocycles. The number of hydrogen-bond acceptors (Lipinski definition) is 2. The highest BCUT2D eigenvalue weighted by molar-refractivity contribution is 4.90. The van der Waals surface area contributed by atoms with Crippen molar-refractivity contribution in [1.82, 2.24) is 4.90 Å². The van der Waals surface area contributed by atoms with Crippen molar-refractivity contribution >= 4 is 0 Å². The Labute approximate surface area is 80.9 Å². The van der Waals surface area contributed by atoms with Gasteiger partial charge in [0.2, 0.25) is 0 Å². The Balaban J connectivity index is 1.91. The minimum atomic E-state index is -0.152. The molecule has 0 aromatic rings. The Hall–Kier alpha value is -0.0800. The van der Waals surface area contributed by atoms with Gasteiger partial charge in [0, 0.05) is 12.6 Å². The topological polar surface area (TPSA) is 23.5 Å². The van der Waals surface area contributed by atoms with Gasteiger partial charge >= 0.3 is 0 Å². The fourth-order valence-corrected chi connectivity index (χ4v) is 3.07. The lowest BCUT2D eigenvalue weighted by atomic mass is 9.85. The maximum Gasteiger partial charge on any atom is 0.0639 e. The highest BCUT2D eigenvalue weighted by atomic mass is 16.3. The van der Waals surface area contributed by atoms with E-state index in [4.69, 9.17) is 0 Å². The number of fused-ring (bicyclic) bond motifs is 1. The van der Waals surface area contributed by atoms with Crippen LogP contribution in [0.2, 0.25) is 0 Å². The third-order valence-corrected chi connectivity index (χ3v) is 3.62. The lowest BCUT2D eigenvalue weighted by molar-refractivity contribution is 0.100. The summed E-state index contributed by atoms with van der Waals surface area (Å²) in [7, 11) is 0. The molecular formula is C11H21NO.